The number of hydrogen-bond donors (Lipinski definition) is 0. The molecule has 0 saturated heterocycles. The summed E-state index contributed by atoms with van der Waals surface area (Å²) in [5, 5.41) is 3.73. The lowest BCUT2D eigenvalue weighted by atomic mass is 10.2. The molecule has 1 aliphatic heterocycles. The molecule has 8 heavy (non-hydrogen) atoms. The van der Waals surface area contributed by atoms with Gasteiger partial charge in [0.05, 0.1) is 5.71 Å². The lowest BCUT2D eigenvalue weighted by molar-refractivity contribution is 0.118. The van der Waals surface area contributed by atoms with E-state index in [2.05, 4.69) is 5.16 Å². The van der Waals surface area contributed by atoms with Crippen molar-refractivity contribution in [1.82, 2.24) is 0 Å². The fourth-order valence-electron chi connectivity index (χ4n) is 0.658. The largest absolute Gasteiger partial charge is 0.392 e. The Labute approximate surface area is 49.5 Å². The first-order chi connectivity index (χ1) is 3.83. The number of nitrogens with zero attached hydrogens (tertiary/aromatic N) is 1. The molecule has 0 N–H and O–H groups in total. The van der Waals surface area contributed by atoms with Crippen molar-refractivity contribution in [3.05, 3.63) is 6.92 Å². The molecule has 0 aromatic rings. The van der Waals surface area contributed by atoms with Crippen LogP contribution in [0.25, 0.3) is 0 Å². The molecule has 0 aliphatic carbocycles. The monoisotopic (exact) mass is 111 g/mol. The summed E-state index contributed by atoms with van der Waals surface area (Å²) in [5.74, 6) is 0. The zero-order valence-corrected chi connectivity index (χ0v) is 4.92. The molecular weight excluding hydrogens is 102 g/mol. The highest BCUT2D eigenvalue weighted by Crippen LogP contribution is 2.10. The van der Waals surface area contributed by atoms with Crippen LogP contribution < -0.4 is 0 Å². The third kappa shape index (κ3) is 0.997. The number of oxime groups is 1. The lowest BCUT2D eigenvalue weighted by Crippen LogP contribution is -2.00. The maximum Gasteiger partial charge on any atom is 0.136 e. The molecular formula is C6H9NO. The van der Waals surface area contributed by atoms with Crippen molar-refractivity contribution in [2.45, 2.75) is 25.9 Å². The minimum atomic E-state index is -0.176. The molecule has 0 spiro atoms. The quantitative estimate of drug-likeness (QED) is 0.499. The van der Waals surface area contributed by atoms with Crippen molar-refractivity contribution in [2.75, 3.05) is 0 Å². The van der Waals surface area contributed by atoms with Crippen molar-refractivity contribution in [3.63, 3.8) is 0 Å². The van der Waals surface area contributed by atoms with E-state index in [0.717, 1.165) is 18.6 Å². The van der Waals surface area contributed by atoms with Gasteiger partial charge in [0.15, 0.2) is 0 Å². The van der Waals surface area contributed by atoms with Crippen LogP contribution in [-0.2, 0) is 4.84 Å². The molecule has 0 bridgehead atoms. The van der Waals surface area contributed by atoms with Crippen molar-refractivity contribution in [2.24, 2.45) is 5.16 Å². The molecule has 0 aromatic carbocycles. The Morgan fingerprint density at radius 3 is 3.00 bits per heavy atom. The van der Waals surface area contributed by atoms with Gasteiger partial charge in [-0.15, -0.1) is 0 Å². The first kappa shape index (κ1) is 5.60. The van der Waals surface area contributed by atoms with Crippen LogP contribution in [0, 0.1) is 6.92 Å². The molecule has 2 nitrogen and oxygen atoms in total. The maximum atomic E-state index is 5.36. The summed E-state index contributed by atoms with van der Waals surface area (Å²) in [6, 6.07) is 0. The van der Waals surface area contributed by atoms with Crippen LogP contribution in [0.1, 0.15) is 19.8 Å². The van der Waals surface area contributed by atoms with E-state index < -0.39 is 0 Å². The van der Waals surface area contributed by atoms with E-state index in [9.17, 15) is 0 Å². The Kier molecular flexibility index (Phi) is 1.51. The van der Waals surface area contributed by atoms with Crippen LogP contribution in [0.15, 0.2) is 5.16 Å². The van der Waals surface area contributed by atoms with Gasteiger partial charge in [-0.25, -0.2) is 0 Å². The molecule has 0 amide bonds. The number of rotatable bonds is 1. The molecule has 1 rings (SSSR count). The van der Waals surface area contributed by atoms with Gasteiger partial charge in [0.2, 0.25) is 0 Å². The summed E-state index contributed by atoms with van der Waals surface area (Å²) >= 11 is 0. The Bertz CT molecular complexity index is 109. The van der Waals surface area contributed by atoms with Crippen LogP contribution in [-0.4, -0.2) is 11.8 Å². The fraction of sp³-hybridized carbons (Fsp3) is 0.667. The summed E-state index contributed by atoms with van der Waals surface area (Å²) < 4.78 is 0. The van der Waals surface area contributed by atoms with E-state index in [1.807, 2.05) is 6.92 Å². The van der Waals surface area contributed by atoms with E-state index in [4.69, 9.17) is 11.8 Å². The SMILES string of the molecule is [CH]C1CC(CC)=NO1. The van der Waals surface area contributed by atoms with Gasteiger partial charge in [-0.3, -0.25) is 0 Å². The highest BCUT2D eigenvalue weighted by Gasteiger charge is 2.13. The first-order valence-electron chi connectivity index (χ1n) is 2.80. The van der Waals surface area contributed by atoms with Crippen LogP contribution in [0.2, 0.25) is 0 Å². The Morgan fingerprint density at radius 1 is 2.00 bits per heavy atom. The van der Waals surface area contributed by atoms with Crippen molar-refractivity contribution >= 4 is 5.71 Å². The molecule has 0 aromatic heterocycles. The predicted octanol–water partition coefficient (Wildman–Crippen LogP) is 1.25. The summed E-state index contributed by atoms with van der Waals surface area (Å²) in [6.07, 6.45) is 1.58. The second-order valence-corrected chi connectivity index (χ2v) is 1.86. The van der Waals surface area contributed by atoms with Gasteiger partial charge < -0.3 is 4.84 Å². The normalized spacial score (nSPS) is 27.2. The van der Waals surface area contributed by atoms with E-state index in [0.29, 0.717) is 0 Å². The van der Waals surface area contributed by atoms with Crippen molar-refractivity contribution in [3.8, 4) is 0 Å². The molecule has 1 aliphatic rings. The van der Waals surface area contributed by atoms with Crippen LogP contribution in [0.3, 0.4) is 0 Å². The Balaban J connectivity index is 2.37. The highest BCUT2D eigenvalue weighted by atomic mass is 16.6. The second-order valence-electron chi connectivity index (χ2n) is 1.86. The highest BCUT2D eigenvalue weighted by molar-refractivity contribution is 5.85. The van der Waals surface area contributed by atoms with Gasteiger partial charge in [-0.2, -0.15) is 0 Å². The molecule has 0 saturated carbocycles. The van der Waals surface area contributed by atoms with Crippen molar-refractivity contribution in [1.29, 1.82) is 0 Å². The Morgan fingerprint density at radius 2 is 2.75 bits per heavy atom. The van der Waals surface area contributed by atoms with Gasteiger partial charge >= 0.3 is 0 Å². The zero-order valence-electron chi connectivity index (χ0n) is 4.92. The predicted molar refractivity (Wildman–Crippen MR) is 31.5 cm³/mol. The summed E-state index contributed by atoms with van der Waals surface area (Å²) in [6.45, 7) is 7.41. The first-order valence-corrected chi connectivity index (χ1v) is 2.80. The standard InChI is InChI=1S/C6H9NO/c1-3-6-4-5(2)8-7-6/h2,5H,3-4H2,1H3. The van der Waals surface area contributed by atoms with Gasteiger partial charge in [-0.05, 0) is 6.42 Å². The smallest absolute Gasteiger partial charge is 0.136 e. The molecule has 2 radical (unpaired) electrons. The van der Waals surface area contributed by atoms with E-state index in [1.54, 1.807) is 0 Å². The minimum absolute atomic E-state index is 0.176. The summed E-state index contributed by atoms with van der Waals surface area (Å²) in [4.78, 5) is 4.72. The second kappa shape index (κ2) is 2.16. The van der Waals surface area contributed by atoms with E-state index >= 15 is 0 Å². The Hall–Kier alpha value is -0.530. The summed E-state index contributed by atoms with van der Waals surface area (Å²) in [5.41, 5.74) is 1.07. The third-order valence-corrected chi connectivity index (χ3v) is 1.16. The van der Waals surface area contributed by atoms with Crippen LogP contribution >= 0.6 is 0 Å². The molecule has 2 heteroatoms. The molecule has 1 atom stereocenters. The molecule has 0 fully saturated rings. The average molecular weight is 111 g/mol. The third-order valence-electron chi connectivity index (χ3n) is 1.16. The summed E-state index contributed by atoms with van der Waals surface area (Å²) in [7, 11) is 0. The van der Waals surface area contributed by atoms with Gasteiger partial charge in [0.25, 0.3) is 0 Å². The van der Waals surface area contributed by atoms with Crippen LogP contribution in [0.5, 0.6) is 0 Å². The van der Waals surface area contributed by atoms with Crippen molar-refractivity contribution < 1.29 is 4.84 Å². The van der Waals surface area contributed by atoms with Gasteiger partial charge in [0, 0.05) is 13.3 Å². The average Bonchev–Trinajstić information content (AvgIpc) is 2.14. The lowest BCUT2D eigenvalue weighted by Gasteiger charge is -1.93. The number of hydrogen-bond acceptors (Lipinski definition) is 2. The maximum absolute atomic E-state index is 5.36. The molecule has 1 unspecified atom stereocenters. The van der Waals surface area contributed by atoms with Gasteiger partial charge in [-0.1, -0.05) is 12.1 Å². The van der Waals surface area contributed by atoms with Gasteiger partial charge in [0.1, 0.15) is 6.10 Å². The molecule has 44 valence electrons. The van der Waals surface area contributed by atoms with E-state index in [1.165, 1.54) is 0 Å². The minimum Gasteiger partial charge on any atom is -0.392 e. The fourth-order valence-corrected chi connectivity index (χ4v) is 0.658. The zero-order chi connectivity index (χ0) is 5.98. The van der Waals surface area contributed by atoms with Crippen LogP contribution in [0.4, 0.5) is 0 Å². The van der Waals surface area contributed by atoms with E-state index in [-0.39, 0.29) is 6.10 Å². The topological polar surface area (TPSA) is 21.6 Å². The molecule has 1 heterocycles.